The third-order valence-electron chi connectivity index (χ3n) is 2.65. The van der Waals surface area contributed by atoms with Crippen LogP contribution in [0.25, 0.3) is 0 Å². The highest BCUT2D eigenvalue weighted by molar-refractivity contribution is 7.90. The van der Waals surface area contributed by atoms with Gasteiger partial charge in [0.05, 0.1) is 11.9 Å². The Morgan fingerprint density at radius 3 is 2.80 bits per heavy atom. The molecule has 1 heterocycles. The molecule has 0 aromatic rings. The summed E-state index contributed by atoms with van der Waals surface area (Å²) in [5.41, 5.74) is 0. The number of sulfonamides is 1. The Hall–Kier alpha value is -0.170. The molecule has 2 N–H and O–H groups in total. The first-order valence-corrected chi connectivity index (χ1v) is 6.85. The fraction of sp³-hybridized carbons (Fsp3) is 1.00. The molecule has 2 unspecified atom stereocenters. The lowest BCUT2D eigenvalue weighted by Gasteiger charge is -2.18. The summed E-state index contributed by atoms with van der Waals surface area (Å²) in [5, 5.41) is 2.76. The number of hydrogen-bond acceptors (Lipinski definition) is 4. The lowest BCUT2D eigenvalue weighted by Crippen LogP contribution is -2.43. The molecule has 0 bridgehead atoms. The van der Waals surface area contributed by atoms with Gasteiger partial charge >= 0.3 is 0 Å². The van der Waals surface area contributed by atoms with Gasteiger partial charge in [-0.15, -0.1) is 0 Å². The van der Waals surface area contributed by atoms with Crippen LogP contribution >= 0.6 is 0 Å². The van der Waals surface area contributed by atoms with Crippen molar-refractivity contribution >= 4 is 10.0 Å². The summed E-state index contributed by atoms with van der Waals surface area (Å²) in [6, 6.07) is -0.111. The molecule has 1 aliphatic rings. The second kappa shape index (κ2) is 5.79. The minimum Gasteiger partial charge on any atom is -0.383 e. The quantitative estimate of drug-likeness (QED) is 0.664. The summed E-state index contributed by atoms with van der Waals surface area (Å²) in [4.78, 5) is 0. The van der Waals surface area contributed by atoms with Crippen LogP contribution in [0, 0.1) is 0 Å². The van der Waals surface area contributed by atoms with E-state index in [4.69, 9.17) is 4.74 Å². The summed E-state index contributed by atoms with van der Waals surface area (Å²) >= 11 is 0. The average molecular weight is 236 g/mol. The molecule has 2 atom stereocenters. The zero-order chi connectivity index (χ0) is 11.3. The third-order valence-corrected chi connectivity index (χ3v) is 4.59. The van der Waals surface area contributed by atoms with E-state index in [-0.39, 0.29) is 11.3 Å². The van der Waals surface area contributed by atoms with Crippen molar-refractivity contribution < 1.29 is 13.2 Å². The summed E-state index contributed by atoms with van der Waals surface area (Å²) < 4.78 is 31.4. The van der Waals surface area contributed by atoms with Crippen molar-refractivity contribution in [2.45, 2.75) is 31.1 Å². The van der Waals surface area contributed by atoms with Gasteiger partial charge in [-0.3, -0.25) is 0 Å². The largest absolute Gasteiger partial charge is 0.383 e. The van der Waals surface area contributed by atoms with Crippen molar-refractivity contribution in [3.8, 4) is 0 Å². The number of ether oxygens (including phenoxy) is 1. The van der Waals surface area contributed by atoms with Crippen LogP contribution in [-0.4, -0.2) is 46.5 Å². The maximum absolute atomic E-state index is 11.9. The van der Waals surface area contributed by atoms with Gasteiger partial charge in [-0.2, -0.15) is 0 Å². The summed E-state index contributed by atoms with van der Waals surface area (Å²) in [7, 11) is -1.61. The molecule has 0 radical (unpaired) electrons. The van der Waals surface area contributed by atoms with Crippen LogP contribution in [0.15, 0.2) is 0 Å². The van der Waals surface area contributed by atoms with Crippen LogP contribution in [0.4, 0.5) is 0 Å². The molecule has 1 aliphatic heterocycles. The number of hydrogen-bond donors (Lipinski definition) is 2. The average Bonchev–Trinajstić information content (AvgIpc) is 2.70. The Labute approximate surface area is 91.6 Å². The van der Waals surface area contributed by atoms with Gasteiger partial charge in [0.1, 0.15) is 0 Å². The topological polar surface area (TPSA) is 67.4 Å². The Morgan fingerprint density at radius 1 is 1.60 bits per heavy atom. The maximum atomic E-state index is 11.9. The molecule has 6 heteroatoms. The molecule has 90 valence electrons. The van der Waals surface area contributed by atoms with Gasteiger partial charge in [0.25, 0.3) is 0 Å². The van der Waals surface area contributed by atoms with Crippen LogP contribution < -0.4 is 10.0 Å². The van der Waals surface area contributed by atoms with Crippen LogP contribution in [0.3, 0.4) is 0 Å². The van der Waals surface area contributed by atoms with Gasteiger partial charge in [-0.25, -0.2) is 13.1 Å². The molecule has 1 fully saturated rings. The van der Waals surface area contributed by atoms with Crippen molar-refractivity contribution in [3.63, 3.8) is 0 Å². The Kier molecular flexibility index (Phi) is 4.98. The fourth-order valence-electron chi connectivity index (χ4n) is 1.66. The van der Waals surface area contributed by atoms with E-state index in [9.17, 15) is 8.42 Å². The third kappa shape index (κ3) is 3.71. The highest BCUT2D eigenvalue weighted by Gasteiger charge is 2.29. The van der Waals surface area contributed by atoms with E-state index >= 15 is 0 Å². The SMILES string of the molecule is CCC(COC)NS(=O)(=O)C1CCNC1. The maximum Gasteiger partial charge on any atom is 0.216 e. The van der Waals surface area contributed by atoms with Crippen LogP contribution in [0.1, 0.15) is 19.8 Å². The Balaban J connectivity index is 2.53. The minimum absolute atomic E-state index is 0.111. The lowest BCUT2D eigenvalue weighted by atomic mass is 10.3. The standard InChI is InChI=1S/C9H20N2O3S/c1-3-8(7-14-2)11-15(12,13)9-4-5-10-6-9/h8-11H,3-7H2,1-2H3. The molecule has 1 saturated heterocycles. The Bertz CT molecular complexity index is 273. The van der Waals surface area contributed by atoms with Crippen molar-refractivity contribution in [2.24, 2.45) is 0 Å². The molecule has 1 rings (SSSR count). The van der Waals surface area contributed by atoms with E-state index < -0.39 is 10.0 Å². The van der Waals surface area contributed by atoms with E-state index in [0.29, 0.717) is 19.6 Å². The Morgan fingerprint density at radius 2 is 2.33 bits per heavy atom. The summed E-state index contributed by atoms with van der Waals surface area (Å²) in [5.74, 6) is 0. The number of methoxy groups -OCH3 is 1. The fourth-order valence-corrected chi connectivity index (χ4v) is 3.32. The van der Waals surface area contributed by atoms with Crippen molar-refractivity contribution in [2.75, 3.05) is 26.8 Å². The van der Waals surface area contributed by atoms with Crippen LogP contribution in [0.5, 0.6) is 0 Å². The van der Waals surface area contributed by atoms with E-state index in [1.54, 1.807) is 7.11 Å². The molecule has 0 saturated carbocycles. The normalized spacial score (nSPS) is 24.3. The molecule has 0 aliphatic carbocycles. The van der Waals surface area contributed by atoms with Gasteiger partial charge in [0.2, 0.25) is 10.0 Å². The van der Waals surface area contributed by atoms with Gasteiger partial charge in [-0.1, -0.05) is 6.92 Å². The molecule has 0 aromatic heterocycles. The molecular formula is C9H20N2O3S. The molecule has 0 aromatic carbocycles. The minimum atomic E-state index is -3.19. The van der Waals surface area contributed by atoms with Crippen LogP contribution in [-0.2, 0) is 14.8 Å². The second-order valence-corrected chi connectivity index (χ2v) is 5.83. The molecule has 15 heavy (non-hydrogen) atoms. The van der Waals surface area contributed by atoms with Gasteiger partial charge < -0.3 is 10.1 Å². The highest BCUT2D eigenvalue weighted by atomic mass is 32.2. The molecule has 0 amide bonds. The van der Waals surface area contributed by atoms with E-state index in [1.165, 1.54) is 0 Å². The summed E-state index contributed by atoms with van der Waals surface area (Å²) in [6.07, 6.45) is 1.44. The zero-order valence-electron chi connectivity index (χ0n) is 9.32. The smallest absolute Gasteiger partial charge is 0.216 e. The first-order chi connectivity index (χ1) is 7.10. The molecular weight excluding hydrogens is 216 g/mol. The number of rotatable bonds is 6. The molecule has 0 spiro atoms. The first kappa shape index (κ1) is 12.9. The van der Waals surface area contributed by atoms with Crippen molar-refractivity contribution in [1.82, 2.24) is 10.0 Å². The molecule has 5 nitrogen and oxygen atoms in total. The zero-order valence-corrected chi connectivity index (χ0v) is 10.1. The first-order valence-electron chi connectivity index (χ1n) is 5.31. The second-order valence-electron chi connectivity index (χ2n) is 3.84. The van der Waals surface area contributed by atoms with Crippen molar-refractivity contribution in [1.29, 1.82) is 0 Å². The lowest BCUT2D eigenvalue weighted by molar-refractivity contribution is 0.173. The van der Waals surface area contributed by atoms with Gasteiger partial charge in [0.15, 0.2) is 0 Å². The van der Waals surface area contributed by atoms with E-state index in [1.807, 2.05) is 6.92 Å². The highest BCUT2D eigenvalue weighted by Crippen LogP contribution is 2.09. The predicted octanol–water partition coefficient (Wildman–Crippen LogP) is -0.307. The monoisotopic (exact) mass is 236 g/mol. The number of nitrogens with one attached hydrogen (secondary N) is 2. The van der Waals surface area contributed by atoms with E-state index in [0.717, 1.165) is 13.0 Å². The van der Waals surface area contributed by atoms with Gasteiger partial charge in [0, 0.05) is 19.7 Å². The van der Waals surface area contributed by atoms with Crippen LogP contribution in [0.2, 0.25) is 0 Å². The predicted molar refractivity (Wildman–Crippen MR) is 59.3 cm³/mol. The van der Waals surface area contributed by atoms with Gasteiger partial charge in [-0.05, 0) is 19.4 Å². The van der Waals surface area contributed by atoms with Crippen molar-refractivity contribution in [3.05, 3.63) is 0 Å². The van der Waals surface area contributed by atoms with E-state index in [2.05, 4.69) is 10.0 Å². The summed E-state index contributed by atoms with van der Waals surface area (Å²) in [6.45, 7) is 3.71.